The molecule has 0 bridgehead atoms. The van der Waals surface area contributed by atoms with Gasteiger partial charge in [0.15, 0.2) is 11.5 Å². The van der Waals surface area contributed by atoms with Crippen LogP contribution in [-0.2, 0) is 6.54 Å². The summed E-state index contributed by atoms with van der Waals surface area (Å²) in [4.78, 5) is 16.0. The second kappa shape index (κ2) is 5.19. The van der Waals surface area contributed by atoms with E-state index in [1.54, 1.807) is 24.0 Å². The van der Waals surface area contributed by atoms with Gasteiger partial charge in [-0.05, 0) is 31.5 Å². The molecule has 6 nitrogen and oxygen atoms in total. The summed E-state index contributed by atoms with van der Waals surface area (Å²) in [5, 5.41) is 6.77. The Morgan fingerprint density at radius 3 is 2.84 bits per heavy atom. The molecule has 0 aliphatic heterocycles. The summed E-state index contributed by atoms with van der Waals surface area (Å²) >= 11 is 0. The van der Waals surface area contributed by atoms with Crippen LogP contribution in [0.3, 0.4) is 0 Å². The molecule has 1 amide bonds. The normalized spacial score (nSPS) is 10.5. The maximum absolute atomic E-state index is 11.5. The number of rotatable bonds is 3. The van der Waals surface area contributed by atoms with Crippen molar-refractivity contribution in [1.29, 1.82) is 0 Å². The Morgan fingerprint density at radius 2 is 2.21 bits per heavy atom. The van der Waals surface area contributed by atoms with Crippen LogP contribution >= 0.6 is 0 Å². The lowest BCUT2D eigenvalue weighted by atomic mass is 10.1. The van der Waals surface area contributed by atoms with Crippen LogP contribution < -0.4 is 11.1 Å². The number of nitrogens with two attached hydrogens (primary N) is 1. The van der Waals surface area contributed by atoms with Gasteiger partial charge in [-0.25, -0.2) is 9.67 Å². The van der Waals surface area contributed by atoms with E-state index in [0.29, 0.717) is 18.1 Å². The molecule has 0 atom stereocenters. The Kier molecular flexibility index (Phi) is 3.62. The standard InChI is InChI=1S/C13H17N5O/c1-8-6-9(2)16-12(10(8)7-14)18-5-4-11(17-18)13(19)15-3/h4-6H,7,14H2,1-3H3,(H,15,19). The Bertz CT molecular complexity index is 617. The average molecular weight is 259 g/mol. The molecule has 2 aromatic heterocycles. The highest BCUT2D eigenvalue weighted by Crippen LogP contribution is 2.17. The zero-order chi connectivity index (χ0) is 14.0. The van der Waals surface area contributed by atoms with Gasteiger partial charge >= 0.3 is 0 Å². The SMILES string of the molecule is CNC(=O)c1ccn(-c2nc(C)cc(C)c2CN)n1. The molecule has 0 radical (unpaired) electrons. The molecule has 0 saturated carbocycles. The summed E-state index contributed by atoms with van der Waals surface area (Å²) < 4.78 is 1.59. The van der Waals surface area contributed by atoms with Gasteiger partial charge in [0.25, 0.3) is 5.91 Å². The van der Waals surface area contributed by atoms with Crippen LogP contribution in [0.5, 0.6) is 0 Å². The quantitative estimate of drug-likeness (QED) is 0.849. The van der Waals surface area contributed by atoms with E-state index in [1.807, 2.05) is 19.9 Å². The Balaban J connectivity index is 2.52. The third-order valence-electron chi connectivity index (χ3n) is 2.92. The fourth-order valence-electron chi connectivity index (χ4n) is 1.98. The molecule has 0 aliphatic carbocycles. The summed E-state index contributed by atoms with van der Waals surface area (Å²) in [6.07, 6.45) is 1.71. The first-order valence-corrected chi connectivity index (χ1v) is 6.02. The molecule has 0 aromatic carbocycles. The highest BCUT2D eigenvalue weighted by atomic mass is 16.1. The van der Waals surface area contributed by atoms with E-state index in [4.69, 9.17) is 5.73 Å². The van der Waals surface area contributed by atoms with Crippen molar-refractivity contribution < 1.29 is 4.79 Å². The monoisotopic (exact) mass is 259 g/mol. The average Bonchev–Trinajstić information content (AvgIpc) is 2.86. The number of pyridine rings is 1. The van der Waals surface area contributed by atoms with E-state index in [9.17, 15) is 4.79 Å². The van der Waals surface area contributed by atoms with Crippen LogP contribution in [0.25, 0.3) is 5.82 Å². The molecule has 0 saturated heterocycles. The lowest BCUT2D eigenvalue weighted by Crippen LogP contribution is -2.19. The van der Waals surface area contributed by atoms with Crippen LogP contribution in [-0.4, -0.2) is 27.7 Å². The zero-order valence-electron chi connectivity index (χ0n) is 11.3. The molecular weight excluding hydrogens is 242 g/mol. The Hall–Kier alpha value is -2.21. The zero-order valence-corrected chi connectivity index (χ0v) is 11.3. The first-order chi connectivity index (χ1) is 9.06. The number of carbonyl (C=O) groups excluding carboxylic acids is 1. The fraction of sp³-hybridized carbons (Fsp3) is 0.308. The van der Waals surface area contributed by atoms with Crippen molar-refractivity contribution in [3.8, 4) is 5.82 Å². The van der Waals surface area contributed by atoms with Crippen molar-refractivity contribution in [3.05, 3.63) is 40.8 Å². The van der Waals surface area contributed by atoms with Crippen molar-refractivity contribution in [2.24, 2.45) is 5.73 Å². The Morgan fingerprint density at radius 1 is 1.47 bits per heavy atom. The van der Waals surface area contributed by atoms with E-state index >= 15 is 0 Å². The van der Waals surface area contributed by atoms with Gasteiger partial charge in [-0.15, -0.1) is 0 Å². The first kappa shape index (κ1) is 13.2. The van der Waals surface area contributed by atoms with Gasteiger partial charge in [0.2, 0.25) is 0 Å². The van der Waals surface area contributed by atoms with Crippen LogP contribution in [0.2, 0.25) is 0 Å². The molecule has 0 aliphatic rings. The predicted molar refractivity (Wildman–Crippen MR) is 72.1 cm³/mol. The molecule has 2 aromatic rings. The largest absolute Gasteiger partial charge is 0.354 e. The summed E-state index contributed by atoms with van der Waals surface area (Å²) in [6.45, 7) is 4.28. The van der Waals surface area contributed by atoms with Gasteiger partial charge in [0.05, 0.1) is 0 Å². The predicted octanol–water partition coefficient (Wildman–Crippen LogP) is 0.702. The maximum atomic E-state index is 11.5. The van der Waals surface area contributed by atoms with Crippen molar-refractivity contribution in [2.75, 3.05) is 7.05 Å². The number of hydrogen-bond donors (Lipinski definition) is 2. The molecule has 2 heterocycles. The summed E-state index contributed by atoms with van der Waals surface area (Å²) in [7, 11) is 1.57. The molecule has 19 heavy (non-hydrogen) atoms. The van der Waals surface area contributed by atoms with Gasteiger partial charge in [-0.2, -0.15) is 5.10 Å². The van der Waals surface area contributed by atoms with Crippen LogP contribution in [0.15, 0.2) is 18.3 Å². The minimum Gasteiger partial charge on any atom is -0.354 e. The maximum Gasteiger partial charge on any atom is 0.271 e. The lowest BCUT2D eigenvalue weighted by molar-refractivity contribution is 0.0957. The fourth-order valence-corrected chi connectivity index (χ4v) is 1.98. The van der Waals surface area contributed by atoms with E-state index in [2.05, 4.69) is 15.4 Å². The topological polar surface area (TPSA) is 85.8 Å². The molecular formula is C13H17N5O. The molecule has 0 spiro atoms. The van der Waals surface area contributed by atoms with Gasteiger partial charge < -0.3 is 11.1 Å². The third-order valence-corrected chi connectivity index (χ3v) is 2.92. The van der Waals surface area contributed by atoms with Crippen molar-refractivity contribution >= 4 is 5.91 Å². The Labute approximate surface area is 111 Å². The second-order valence-electron chi connectivity index (χ2n) is 4.31. The smallest absolute Gasteiger partial charge is 0.271 e. The van der Waals surface area contributed by atoms with E-state index in [-0.39, 0.29) is 5.91 Å². The van der Waals surface area contributed by atoms with Gasteiger partial charge in [-0.1, -0.05) is 0 Å². The molecule has 0 fully saturated rings. The van der Waals surface area contributed by atoms with Crippen LogP contribution in [0.4, 0.5) is 0 Å². The van der Waals surface area contributed by atoms with Gasteiger partial charge in [-0.3, -0.25) is 4.79 Å². The van der Waals surface area contributed by atoms with Crippen LogP contribution in [0, 0.1) is 13.8 Å². The number of nitrogens with zero attached hydrogens (tertiary/aromatic N) is 3. The highest BCUT2D eigenvalue weighted by molar-refractivity contribution is 5.91. The lowest BCUT2D eigenvalue weighted by Gasteiger charge is -2.11. The molecule has 100 valence electrons. The van der Waals surface area contributed by atoms with Crippen molar-refractivity contribution in [2.45, 2.75) is 20.4 Å². The minimum absolute atomic E-state index is 0.225. The highest BCUT2D eigenvalue weighted by Gasteiger charge is 2.13. The molecule has 3 N–H and O–H groups in total. The summed E-state index contributed by atoms with van der Waals surface area (Å²) in [6, 6.07) is 3.63. The number of aromatic nitrogens is 3. The minimum atomic E-state index is -0.225. The van der Waals surface area contributed by atoms with Gasteiger partial charge in [0.1, 0.15) is 0 Å². The summed E-state index contributed by atoms with van der Waals surface area (Å²) in [5.41, 5.74) is 9.01. The number of nitrogens with one attached hydrogen (secondary N) is 1. The molecule has 2 rings (SSSR count). The van der Waals surface area contributed by atoms with Crippen molar-refractivity contribution in [1.82, 2.24) is 20.1 Å². The van der Waals surface area contributed by atoms with E-state index in [1.165, 1.54) is 0 Å². The third kappa shape index (κ3) is 2.48. The number of amides is 1. The van der Waals surface area contributed by atoms with Gasteiger partial charge in [0, 0.05) is 31.0 Å². The summed E-state index contributed by atoms with van der Waals surface area (Å²) in [5.74, 6) is 0.451. The molecule has 0 unspecified atom stereocenters. The van der Waals surface area contributed by atoms with Crippen LogP contribution in [0.1, 0.15) is 27.3 Å². The number of hydrogen-bond acceptors (Lipinski definition) is 4. The first-order valence-electron chi connectivity index (χ1n) is 6.02. The number of carbonyl (C=O) groups is 1. The van der Waals surface area contributed by atoms with Crippen molar-refractivity contribution in [3.63, 3.8) is 0 Å². The van der Waals surface area contributed by atoms with E-state index in [0.717, 1.165) is 16.8 Å². The number of aryl methyl sites for hydroxylation is 2. The molecule has 6 heteroatoms. The van der Waals surface area contributed by atoms with E-state index < -0.39 is 0 Å². The second-order valence-corrected chi connectivity index (χ2v) is 4.31.